The molecule has 2 aromatic rings. The summed E-state index contributed by atoms with van der Waals surface area (Å²) in [6.07, 6.45) is 3.16. The van der Waals surface area contributed by atoms with Gasteiger partial charge in [-0.15, -0.1) is 0 Å². The minimum atomic E-state index is 0.738. The van der Waals surface area contributed by atoms with Crippen LogP contribution in [0.3, 0.4) is 0 Å². The highest BCUT2D eigenvalue weighted by Crippen LogP contribution is 2.26. The highest BCUT2D eigenvalue weighted by Gasteiger charge is 2.05. The summed E-state index contributed by atoms with van der Waals surface area (Å²) in [7, 11) is 0. The lowest BCUT2D eigenvalue weighted by Crippen LogP contribution is -1.74. The van der Waals surface area contributed by atoms with Gasteiger partial charge in [0.2, 0.25) is 0 Å². The molecule has 1 nitrogen and oxygen atoms in total. The van der Waals surface area contributed by atoms with Crippen LogP contribution >= 0.6 is 27.5 Å². The lowest BCUT2D eigenvalue weighted by atomic mass is 10.2. The average molecular weight is 300 g/mol. The SMILES string of the molecule is C/C(=C/CCBr)c1cc2cc(Cl)ccc2o1. The van der Waals surface area contributed by atoms with E-state index in [4.69, 9.17) is 16.0 Å². The van der Waals surface area contributed by atoms with Crippen molar-refractivity contribution in [3.05, 3.63) is 41.1 Å². The van der Waals surface area contributed by atoms with Crippen molar-refractivity contribution in [2.75, 3.05) is 5.33 Å². The molecule has 0 unspecified atom stereocenters. The third-order valence-electron chi connectivity index (χ3n) is 2.43. The first-order valence-corrected chi connectivity index (χ1v) is 6.63. The monoisotopic (exact) mass is 298 g/mol. The lowest BCUT2D eigenvalue weighted by Gasteiger charge is -1.94. The van der Waals surface area contributed by atoms with E-state index in [-0.39, 0.29) is 0 Å². The summed E-state index contributed by atoms with van der Waals surface area (Å²) in [5.41, 5.74) is 2.04. The molecule has 1 aromatic heterocycles. The Morgan fingerprint density at radius 2 is 2.25 bits per heavy atom. The maximum absolute atomic E-state index is 5.93. The minimum absolute atomic E-state index is 0.738. The van der Waals surface area contributed by atoms with E-state index in [1.807, 2.05) is 24.3 Å². The van der Waals surface area contributed by atoms with E-state index in [0.29, 0.717) is 0 Å². The van der Waals surface area contributed by atoms with Crippen LogP contribution in [-0.2, 0) is 0 Å². The fourth-order valence-electron chi connectivity index (χ4n) is 1.58. The maximum atomic E-state index is 5.93. The summed E-state index contributed by atoms with van der Waals surface area (Å²) in [4.78, 5) is 0. The fourth-order valence-corrected chi connectivity index (χ4v) is 1.99. The van der Waals surface area contributed by atoms with E-state index in [2.05, 4.69) is 28.9 Å². The Kier molecular flexibility index (Phi) is 3.72. The number of halogens is 2. The molecule has 0 saturated carbocycles. The molecular weight excluding hydrogens is 287 g/mol. The molecule has 0 atom stereocenters. The van der Waals surface area contributed by atoms with E-state index in [1.165, 1.54) is 0 Å². The summed E-state index contributed by atoms with van der Waals surface area (Å²) in [6, 6.07) is 7.69. The van der Waals surface area contributed by atoms with Gasteiger partial charge < -0.3 is 4.42 Å². The van der Waals surface area contributed by atoms with Gasteiger partial charge in [0.25, 0.3) is 0 Å². The van der Waals surface area contributed by atoms with Crippen molar-refractivity contribution >= 4 is 44.1 Å². The number of alkyl halides is 1. The second-order valence-electron chi connectivity index (χ2n) is 3.66. The molecule has 0 spiro atoms. The molecule has 84 valence electrons. The zero-order valence-electron chi connectivity index (χ0n) is 8.97. The van der Waals surface area contributed by atoms with Crippen LogP contribution in [-0.4, -0.2) is 5.33 Å². The van der Waals surface area contributed by atoms with Crippen molar-refractivity contribution in [1.82, 2.24) is 0 Å². The van der Waals surface area contributed by atoms with E-state index in [0.717, 1.165) is 39.1 Å². The van der Waals surface area contributed by atoms with Gasteiger partial charge in [-0.3, -0.25) is 0 Å². The highest BCUT2D eigenvalue weighted by molar-refractivity contribution is 9.09. The van der Waals surface area contributed by atoms with Crippen LogP contribution in [0.2, 0.25) is 5.02 Å². The summed E-state index contributed by atoms with van der Waals surface area (Å²) in [5.74, 6) is 0.915. The first-order chi connectivity index (χ1) is 7.70. The van der Waals surface area contributed by atoms with Crippen LogP contribution in [0, 0.1) is 0 Å². The third-order valence-corrected chi connectivity index (χ3v) is 3.12. The molecule has 0 aliphatic heterocycles. The first kappa shape index (κ1) is 11.7. The minimum Gasteiger partial charge on any atom is -0.456 e. The Bertz CT molecular complexity index is 528. The number of furan rings is 1. The smallest absolute Gasteiger partial charge is 0.134 e. The molecule has 0 aliphatic rings. The Balaban J connectivity index is 2.39. The molecule has 0 amide bonds. The van der Waals surface area contributed by atoms with E-state index in [9.17, 15) is 0 Å². The molecule has 0 N–H and O–H groups in total. The van der Waals surface area contributed by atoms with Gasteiger partial charge >= 0.3 is 0 Å². The van der Waals surface area contributed by atoms with E-state index in [1.54, 1.807) is 0 Å². The third kappa shape index (κ3) is 2.50. The molecular formula is C13H12BrClO. The number of allylic oxidation sites excluding steroid dienone is 2. The molecule has 0 fully saturated rings. The zero-order chi connectivity index (χ0) is 11.5. The molecule has 0 aliphatic carbocycles. The van der Waals surface area contributed by atoms with Gasteiger partial charge in [0.1, 0.15) is 11.3 Å². The van der Waals surface area contributed by atoms with Crippen LogP contribution in [0.15, 0.2) is 34.8 Å². The number of hydrogen-bond acceptors (Lipinski definition) is 1. The van der Waals surface area contributed by atoms with Crippen LogP contribution in [0.25, 0.3) is 16.5 Å². The second kappa shape index (κ2) is 5.07. The quantitative estimate of drug-likeness (QED) is 0.703. The molecule has 16 heavy (non-hydrogen) atoms. The maximum Gasteiger partial charge on any atom is 0.134 e. The largest absolute Gasteiger partial charge is 0.456 e. The average Bonchev–Trinajstić information content (AvgIpc) is 2.68. The molecule has 0 saturated heterocycles. The van der Waals surface area contributed by atoms with Gasteiger partial charge in [0.15, 0.2) is 0 Å². The van der Waals surface area contributed by atoms with Crippen molar-refractivity contribution in [3.8, 4) is 0 Å². The summed E-state index contributed by atoms with van der Waals surface area (Å²) in [6.45, 7) is 2.06. The summed E-state index contributed by atoms with van der Waals surface area (Å²) >= 11 is 9.33. The number of fused-ring (bicyclic) bond motifs is 1. The van der Waals surface area contributed by atoms with Gasteiger partial charge in [-0.1, -0.05) is 33.6 Å². The first-order valence-electron chi connectivity index (χ1n) is 5.13. The predicted octanol–water partition coefficient (Wildman–Crippen LogP) is 5.27. The molecule has 2 rings (SSSR count). The second-order valence-corrected chi connectivity index (χ2v) is 4.89. The van der Waals surface area contributed by atoms with Crippen molar-refractivity contribution in [2.45, 2.75) is 13.3 Å². The Hall–Kier alpha value is -0.730. The molecule has 0 bridgehead atoms. The van der Waals surface area contributed by atoms with Gasteiger partial charge in [0, 0.05) is 15.7 Å². The molecule has 0 radical (unpaired) electrons. The van der Waals surface area contributed by atoms with Gasteiger partial charge in [-0.25, -0.2) is 0 Å². The van der Waals surface area contributed by atoms with E-state index >= 15 is 0 Å². The normalized spacial score (nSPS) is 12.3. The van der Waals surface area contributed by atoms with Gasteiger partial charge in [-0.2, -0.15) is 0 Å². The highest BCUT2D eigenvalue weighted by atomic mass is 79.9. The topological polar surface area (TPSA) is 13.1 Å². The van der Waals surface area contributed by atoms with Crippen LogP contribution < -0.4 is 0 Å². The van der Waals surface area contributed by atoms with Gasteiger partial charge in [-0.05, 0) is 43.2 Å². The molecule has 3 heteroatoms. The number of rotatable bonds is 3. The fraction of sp³-hybridized carbons (Fsp3) is 0.231. The van der Waals surface area contributed by atoms with Crippen LogP contribution in [0.1, 0.15) is 19.1 Å². The number of benzene rings is 1. The number of hydrogen-bond donors (Lipinski definition) is 0. The van der Waals surface area contributed by atoms with Crippen molar-refractivity contribution in [1.29, 1.82) is 0 Å². The zero-order valence-corrected chi connectivity index (χ0v) is 11.3. The van der Waals surface area contributed by atoms with Crippen molar-refractivity contribution in [2.24, 2.45) is 0 Å². The Labute approximate surface area is 108 Å². The standard InChI is InChI=1S/C13H12BrClO/c1-9(3-2-6-14)13-8-10-7-11(15)4-5-12(10)16-13/h3-5,7-8H,2,6H2,1H3/b9-3-. The predicted molar refractivity (Wildman–Crippen MR) is 73.3 cm³/mol. The van der Waals surface area contributed by atoms with Gasteiger partial charge in [0.05, 0.1) is 0 Å². The van der Waals surface area contributed by atoms with Crippen LogP contribution in [0.5, 0.6) is 0 Å². The van der Waals surface area contributed by atoms with Crippen molar-refractivity contribution in [3.63, 3.8) is 0 Å². The Morgan fingerprint density at radius 1 is 1.44 bits per heavy atom. The summed E-state index contributed by atoms with van der Waals surface area (Å²) in [5, 5.41) is 2.76. The molecule has 1 heterocycles. The summed E-state index contributed by atoms with van der Waals surface area (Å²) < 4.78 is 5.74. The molecule has 1 aromatic carbocycles. The van der Waals surface area contributed by atoms with Crippen molar-refractivity contribution < 1.29 is 4.42 Å². The van der Waals surface area contributed by atoms with Crippen LogP contribution in [0.4, 0.5) is 0 Å². The lowest BCUT2D eigenvalue weighted by molar-refractivity contribution is 0.599. The van der Waals surface area contributed by atoms with E-state index < -0.39 is 0 Å². The Morgan fingerprint density at radius 3 is 3.00 bits per heavy atom.